The molecule has 1 heteroatoms. The Labute approximate surface area is 70.8 Å². The van der Waals surface area contributed by atoms with Crippen LogP contribution in [0.3, 0.4) is 0 Å². The third kappa shape index (κ3) is 0.209. The first kappa shape index (κ1) is 5.21. The molecule has 0 aromatic rings. The molecule has 0 radical (unpaired) electrons. The van der Waals surface area contributed by atoms with Gasteiger partial charge >= 0.3 is 0 Å². The van der Waals surface area contributed by atoms with E-state index >= 15 is 0 Å². The Kier molecular flexibility index (Phi) is 0.433. The van der Waals surface area contributed by atoms with E-state index in [2.05, 4.69) is 12.7 Å². The molecule has 60 valence electrons. The second kappa shape index (κ2) is 0.997. The normalized spacial score (nSPS) is 83.0. The zero-order valence-electron chi connectivity index (χ0n) is 6.73. The maximum Gasteiger partial charge on any atom is 0.140 e. The van der Waals surface area contributed by atoms with Crippen LogP contribution in [0.2, 0.25) is 0 Å². The van der Waals surface area contributed by atoms with E-state index in [1.54, 1.807) is 0 Å². The Morgan fingerprint density at radius 1 is 1.17 bits per heavy atom. The van der Waals surface area contributed by atoms with Gasteiger partial charge in [0.25, 0.3) is 0 Å². The Morgan fingerprint density at radius 2 is 1.75 bits per heavy atom. The molecule has 0 aromatic carbocycles. The highest BCUT2D eigenvalue weighted by Crippen LogP contribution is 2.99. The van der Waals surface area contributed by atoms with Crippen molar-refractivity contribution < 1.29 is 4.79 Å². The summed E-state index contributed by atoms with van der Waals surface area (Å²) in [5.74, 6) is 5.87. The lowest BCUT2D eigenvalue weighted by Gasteiger charge is -2.05. The molecule has 2 unspecified atom stereocenters. The fourth-order valence-electron chi connectivity index (χ4n) is 5.79. The van der Waals surface area contributed by atoms with Crippen LogP contribution in [-0.2, 0) is 4.79 Å². The van der Waals surface area contributed by atoms with Crippen molar-refractivity contribution in [3.63, 3.8) is 0 Å². The van der Waals surface area contributed by atoms with Crippen LogP contribution in [0.15, 0.2) is 12.7 Å². The molecule has 1 nitrogen and oxygen atoms in total. The molecule has 8 atom stereocenters. The fourth-order valence-corrected chi connectivity index (χ4v) is 5.79. The highest BCUT2D eigenvalue weighted by molar-refractivity contribution is 5.96. The number of carbonyl (C=O) groups is 1. The molecular weight excluding hydrogens is 148 g/mol. The largest absolute Gasteiger partial charge is 0.299 e. The summed E-state index contributed by atoms with van der Waals surface area (Å²) in [6, 6.07) is 0. The zero-order valence-corrected chi connectivity index (χ0v) is 6.73. The maximum atomic E-state index is 11.7. The van der Waals surface area contributed by atoms with Gasteiger partial charge in [-0.25, -0.2) is 0 Å². The van der Waals surface area contributed by atoms with Crippen molar-refractivity contribution in [1.82, 2.24) is 0 Å². The SMILES string of the molecule is C=CC12C3[C@@H]4[C@H]5C(=O)[C@@H]([C@H]34)[C@@H]1[C@H]52. The quantitative estimate of drug-likeness (QED) is 0.522. The summed E-state index contributed by atoms with van der Waals surface area (Å²) in [5.41, 5.74) is 0.512. The number of hydrogen-bond donors (Lipinski definition) is 0. The number of carbonyl (C=O) groups excluding carboxylic acids is 1. The molecule has 6 aliphatic carbocycles. The van der Waals surface area contributed by atoms with E-state index in [1.165, 1.54) is 0 Å². The Morgan fingerprint density at radius 3 is 2.08 bits per heavy atom. The highest BCUT2D eigenvalue weighted by atomic mass is 16.1. The summed E-state index contributed by atoms with van der Waals surface area (Å²) in [7, 11) is 0. The lowest BCUT2D eigenvalue weighted by molar-refractivity contribution is -0.123. The van der Waals surface area contributed by atoms with Crippen LogP contribution in [-0.4, -0.2) is 5.78 Å². The van der Waals surface area contributed by atoms with Gasteiger partial charge in [0.15, 0.2) is 0 Å². The summed E-state index contributed by atoms with van der Waals surface area (Å²) in [5, 5.41) is 0. The molecular formula is C11H10O. The molecule has 0 heterocycles. The average molecular weight is 158 g/mol. The molecule has 2 bridgehead atoms. The first-order valence-corrected chi connectivity index (χ1v) is 5.01. The molecule has 0 aromatic heterocycles. The molecule has 6 aliphatic rings. The van der Waals surface area contributed by atoms with E-state index in [1.807, 2.05) is 0 Å². The number of Topliss-reactive ketones (excluding diaryl/α,β-unsaturated/α-hetero) is 1. The molecule has 0 spiro atoms. The molecule has 0 aliphatic heterocycles. The van der Waals surface area contributed by atoms with E-state index in [9.17, 15) is 4.79 Å². The van der Waals surface area contributed by atoms with Crippen LogP contribution in [0.4, 0.5) is 0 Å². The van der Waals surface area contributed by atoms with Gasteiger partial charge in [0, 0.05) is 11.8 Å². The van der Waals surface area contributed by atoms with Crippen molar-refractivity contribution in [2.24, 2.45) is 46.8 Å². The van der Waals surface area contributed by atoms with Crippen LogP contribution in [0.25, 0.3) is 0 Å². The second-order valence-corrected chi connectivity index (χ2v) is 5.39. The summed E-state index contributed by atoms with van der Waals surface area (Å²) >= 11 is 0. The minimum Gasteiger partial charge on any atom is -0.299 e. The van der Waals surface area contributed by atoms with Crippen molar-refractivity contribution in [2.45, 2.75) is 0 Å². The van der Waals surface area contributed by atoms with Crippen molar-refractivity contribution in [3.05, 3.63) is 12.7 Å². The van der Waals surface area contributed by atoms with Gasteiger partial charge in [-0.15, -0.1) is 6.58 Å². The van der Waals surface area contributed by atoms with Crippen LogP contribution in [0.1, 0.15) is 0 Å². The van der Waals surface area contributed by atoms with E-state index in [0.717, 1.165) is 29.6 Å². The zero-order chi connectivity index (χ0) is 7.83. The third-order valence-corrected chi connectivity index (χ3v) is 5.76. The molecule has 6 saturated carbocycles. The minimum absolute atomic E-state index is 0.512. The Bertz CT molecular complexity index is 343. The van der Waals surface area contributed by atoms with Crippen LogP contribution >= 0.6 is 0 Å². The molecule has 0 N–H and O–H groups in total. The molecule has 12 heavy (non-hydrogen) atoms. The molecule has 0 amide bonds. The van der Waals surface area contributed by atoms with Gasteiger partial charge < -0.3 is 0 Å². The smallest absolute Gasteiger partial charge is 0.140 e. The number of hydrogen-bond acceptors (Lipinski definition) is 1. The summed E-state index contributed by atoms with van der Waals surface area (Å²) in [4.78, 5) is 11.7. The number of ketones is 1. The first-order valence-electron chi connectivity index (χ1n) is 5.01. The van der Waals surface area contributed by atoms with Gasteiger partial charge in [0.05, 0.1) is 0 Å². The van der Waals surface area contributed by atoms with Crippen molar-refractivity contribution in [2.75, 3.05) is 0 Å². The van der Waals surface area contributed by atoms with Crippen molar-refractivity contribution >= 4 is 5.78 Å². The van der Waals surface area contributed by atoms with Crippen LogP contribution < -0.4 is 0 Å². The fraction of sp³-hybridized carbons (Fsp3) is 0.727. The van der Waals surface area contributed by atoms with E-state index in [-0.39, 0.29) is 0 Å². The maximum absolute atomic E-state index is 11.7. The lowest BCUT2D eigenvalue weighted by atomic mass is 9.98. The third-order valence-electron chi connectivity index (χ3n) is 5.76. The first-order chi connectivity index (χ1) is 5.84. The predicted molar refractivity (Wildman–Crippen MR) is 42.1 cm³/mol. The molecule has 0 saturated heterocycles. The molecule has 6 fully saturated rings. The van der Waals surface area contributed by atoms with Gasteiger partial charge in [-0.2, -0.15) is 0 Å². The van der Waals surface area contributed by atoms with Crippen LogP contribution in [0, 0.1) is 46.8 Å². The summed E-state index contributed by atoms with van der Waals surface area (Å²) < 4.78 is 0. The Balaban J connectivity index is 1.89. The number of rotatable bonds is 1. The number of allylic oxidation sites excluding steroid dienone is 1. The van der Waals surface area contributed by atoms with E-state index in [0.29, 0.717) is 23.0 Å². The monoisotopic (exact) mass is 158 g/mol. The van der Waals surface area contributed by atoms with Crippen molar-refractivity contribution in [1.29, 1.82) is 0 Å². The van der Waals surface area contributed by atoms with Crippen LogP contribution in [0.5, 0.6) is 0 Å². The van der Waals surface area contributed by atoms with Gasteiger partial charge in [-0.05, 0) is 35.0 Å². The van der Waals surface area contributed by atoms with Gasteiger partial charge in [0.2, 0.25) is 0 Å². The van der Waals surface area contributed by atoms with Gasteiger partial charge in [-0.3, -0.25) is 4.79 Å². The van der Waals surface area contributed by atoms with Crippen molar-refractivity contribution in [3.8, 4) is 0 Å². The van der Waals surface area contributed by atoms with E-state index in [4.69, 9.17) is 0 Å². The topological polar surface area (TPSA) is 17.1 Å². The second-order valence-electron chi connectivity index (χ2n) is 5.39. The van der Waals surface area contributed by atoms with Gasteiger partial charge in [-0.1, -0.05) is 6.08 Å². The Hall–Kier alpha value is -0.590. The standard InChI is InChI=1S/C11H10O/c1-2-11-7-3-4(7)6-9(11)8(11)5(3)10(6)12/h2-9H,1H2/t3-,4+,5+,6-,7?,8-,9+,11?. The predicted octanol–water partition coefficient (Wildman–Crippen LogP) is 1.11. The minimum atomic E-state index is 0.512. The molecule has 6 rings (SSSR count). The van der Waals surface area contributed by atoms with E-state index < -0.39 is 0 Å². The summed E-state index contributed by atoms with van der Waals surface area (Å²) in [6.07, 6.45) is 2.20. The lowest BCUT2D eigenvalue weighted by Crippen LogP contribution is -2.11. The summed E-state index contributed by atoms with van der Waals surface area (Å²) in [6.45, 7) is 3.98. The van der Waals surface area contributed by atoms with Gasteiger partial charge in [0.1, 0.15) is 5.78 Å². The average Bonchev–Trinajstić information content (AvgIpc) is 2.86. The highest BCUT2D eigenvalue weighted by Gasteiger charge is 2.99.